The number of nitriles is 1. The van der Waals surface area contributed by atoms with Crippen molar-refractivity contribution in [1.29, 1.82) is 5.26 Å². The van der Waals surface area contributed by atoms with Crippen molar-refractivity contribution < 1.29 is 9.90 Å². The standard InChI is InChI=1S/C14H16N2O2S/c1-2-16(9-5-8-15)14(18)13-12(7-11-19-13)6-3-4-10-17/h7,11,17H,2,4-5,9-10H2,1H3. The zero-order valence-electron chi connectivity index (χ0n) is 10.8. The Balaban J connectivity index is 2.85. The maximum atomic E-state index is 12.3. The van der Waals surface area contributed by atoms with Crippen molar-refractivity contribution in [3.63, 3.8) is 0 Å². The fourth-order valence-corrected chi connectivity index (χ4v) is 2.33. The Hall–Kier alpha value is -1.82. The minimum absolute atomic E-state index is 0.0175. The Kier molecular flexibility index (Phi) is 6.67. The maximum Gasteiger partial charge on any atom is 0.265 e. The third-order valence-corrected chi connectivity index (χ3v) is 3.38. The van der Waals surface area contributed by atoms with Gasteiger partial charge in [0.25, 0.3) is 5.91 Å². The molecule has 0 atom stereocenters. The topological polar surface area (TPSA) is 64.3 Å². The molecular weight excluding hydrogens is 260 g/mol. The maximum absolute atomic E-state index is 12.3. The van der Waals surface area contributed by atoms with Gasteiger partial charge in [-0.1, -0.05) is 11.8 Å². The summed E-state index contributed by atoms with van der Waals surface area (Å²) in [7, 11) is 0. The van der Waals surface area contributed by atoms with E-state index in [1.165, 1.54) is 11.3 Å². The van der Waals surface area contributed by atoms with Crippen molar-refractivity contribution in [1.82, 2.24) is 4.90 Å². The Labute approximate surface area is 117 Å². The number of rotatable bonds is 5. The van der Waals surface area contributed by atoms with Crippen molar-refractivity contribution in [2.75, 3.05) is 19.7 Å². The van der Waals surface area contributed by atoms with E-state index in [9.17, 15) is 4.79 Å². The summed E-state index contributed by atoms with van der Waals surface area (Å²) in [5.41, 5.74) is 0.693. The SMILES string of the molecule is CCN(CCC#N)C(=O)c1sccc1C#CCCO. The van der Waals surface area contributed by atoms with Gasteiger partial charge in [-0.05, 0) is 18.4 Å². The summed E-state index contributed by atoms with van der Waals surface area (Å²) in [6.07, 6.45) is 0.728. The average molecular weight is 276 g/mol. The van der Waals surface area contributed by atoms with E-state index in [0.717, 1.165) is 0 Å². The Morgan fingerprint density at radius 1 is 1.53 bits per heavy atom. The Morgan fingerprint density at radius 2 is 2.32 bits per heavy atom. The lowest BCUT2D eigenvalue weighted by atomic mass is 10.2. The number of carbonyl (C=O) groups excluding carboxylic acids is 1. The fourth-order valence-electron chi connectivity index (χ4n) is 1.52. The molecule has 100 valence electrons. The largest absolute Gasteiger partial charge is 0.395 e. The lowest BCUT2D eigenvalue weighted by Gasteiger charge is -2.18. The van der Waals surface area contributed by atoms with Gasteiger partial charge in [0.05, 0.1) is 19.1 Å². The highest BCUT2D eigenvalue weighted by Gasteiger charge is 2.17. The molecule has 0 saturated heterocycles. The van der Waals surface area contributed by atoms with Crippen LogP contribution in [-0.4, -0.2) is 35.6 Å². The second-order valence-corrected chi connectivity index (χ2v) is 4.65. The van der Waals surface area contributed by atoms with E-state index in [1.54, 1.807) is 11.0 Å². The number of carbonyl (C=O) groups is 1. The first-order valence-corrected chi connectivity index (χ1v) is 6.96. The monoisotopic (exact) mass is 276 g/mol. The first-order chi connectivity index (χ1) is 9.24. The van der Waals surface area contributed by atoms with Crippen LogP contribution >= 0.6 is 11.3 Å². The molecule has 0 aliphatic heterocycles. The van der Waals surface area contributed by atoms with Crippen LogP contribution in [0.15, 0.2) is 11.4 Å². The molecule has 0 aliphatic rings. The van der Waals surface area contributed by atoms with Crippen LogP contribution in [0.5, 0.6) is 0 Å². The first-order valence-electron chi connectivity index (χ1n) is 6.08. The Bertz CT molecular complexity index is 520. The lowest BCUT2D eigenvalue weighted by Crippen LogP contribution is -2.31. The third-order valence-electron chi connectivity index (χ3n) is 2.48. The van der Waals surface area contributed by atoms with E-state index >= 15 is 0 Å². The first kappa shape index (κ1) is 15.2. The molecule has 0 spiro atoms. The smallest absolute Gasteiger partial charge is 0.265 e. The van der Waals surface area contributed by atoms with Gasteiger partial charge < -0.3 is 10.0 Å². The third kappa shape index (κ3) is 4.40. The number of aliphatic hydroxyl groups excluding tert-OH is 1. The molecule has 1 rings (SSSR count). The quantitative estimate of drug-likeness (QED) is 0.835. The van der Waals surface area contributed by atoms with Crippen molar-refractivity contribution in [3.8, 4) is 17.9 Å². The number of hydrogen-bond donors (Lipinski definition) is 1. The normalized spacial score (nSPS) is 9.32. The molecule has 4 nitrogen and oxygen atoms in total. The van der Waals surface area contributed by atoms with Gasteiger partial charge in [-0.2, -0.15) is 5.26 Å². The molecule has 0 saturated carbocycles. The lowest BCUT2D eigenvalue weighted by molar-refractivity contribution is 0.0772. The number of aliphatic hydroxyl groups is 1. The van der Waals surface area contributed by atoms with E-state index in [4.69, 9.17) is 10.4 Å². The van der Waals surface area contributed by atoms with Gasteiger partial charge in [-0.3, -0.25) is 4.79 Å². The highest BCUT2D eigenvalue weighted by atomic mass is 32.1. The highest BCUT2D eigenvalue weighted by Crippen LogP contribution is 2.18. The summed E-state index contributed by atoms with van der Waals surface area (Å²) in [5.74, 6) is 5.63. The summed E-state index contributed by atoms with van der Waals surface area (Å²) >= 11 is 1.35. The molecule has 0 radical (unpaired) electrons. The number of hydrogen-bond acceptors (Lipinski definition) is 4. The van der Waals surface area contributed by atoms with Crippen LogP contribution in [0.25, 0.3) is 0 Å². The second kappa shape index (κ2) is 8.31. The van der Waals surface area contributed by atoms with E-state index in [2.05, 4.69) is 11.8 Å². The molecule has 1 aromatic rings. The van der Waals surface area contributed by atoms with Crippen LogP contribution in [0.2, 0.25) is 0 Å². The van der Waals surface area contributed by atoms with Crippen LogP contribution in [0, 0.1) is 23.2 Å². The molecule has 0 fully saturated rings. The highest BCUT2D eigenvalue weighted by molar-refractivity contribution is 7.12. The van der Waals surface area contributed by atoms with Gasteiger partial charge in [0.15, 0.2) is 0 Å². The molecule has 0 unspecified atom stereocenters. The zero-order chi connectivity index (χ0) is 14.1. The molecule has 19 heavy (non-hydrogen) atoms. The van der Waals surface area contributed by atoms with E-state index < -0.39 is 0 Å². The number of nitrogens with zero attached hydrogens (tertiary/aromatic N) is 2. The van der Waals surface area contributed by atoms with E-state index in [0.29, 0.717) is 36.4 Å². The van der Waals surface area contributed by atoms with Crippen LogP contribution in [-0.2, 0) is 0 Å². The molecule has 1 aromatic heterocycles. The van der Waals surface area contributed by atoms with E-state index in [-0.39, 0.29) is 12.5 Å². The van der Waals surface area contributed by atoms with Crippen molar-refractivity contribution in [3.05, 3.63) is 21.9 Å². The molecule has 0 aliphatic carbocycles. The van der Waals surface area contributed by atoms with E-state index in [1.807, 2.05) is 18.4 Å². The van der Waals surface area contributed by atoms with Crippen LogP contribution < -0.4 is 0 Å². The number of thiophene rings is 1. The predicted molar refractivity (Wildman–Crippen MR) is 74.7 cm³/mol. The minimum atomic E-state index is -0.0824. The summed E-state index contributed by atoms with van der Waals surface area (Å²) in [5, 5.41) is 19.1. The molecule has 0 bridgehead atoms. The minimum Gasteiger partial charge on any atom is -0.395 e. The predicted octanol–water partition coefficient (Wildman–Crippen LogP) is 1.86. The second-order valence-electron chi connectivity index (χ2n) is 3.73. The van der Waals surface area contributed by atoms with Gasteiger partial charge in [-0.15, -0.1) is 11.3 Å². The van der Waals surface area contributed by atoms with Crippen LogP contribution in [0.1, 0.15) is 35.0 Å². The van der Waals surface area contributed by atoms with Crippen molar-refractivity contribution in [2.45, 2.75) is 19.8 Å². The van der Waals surface area contributed by atoms with Gasteiger partial charge in [-0.25, -0.2) is 0 Å². The molecule has 1 N–H and O–H groups in total. The molecule has 5 heteroatoms. The molecule has 0 aromatic carbocycles. The number of amides is 1. The summed E-state index contributed by atoms with van der Waals surface area (Å²) in [6.45, 7) is 2.92. The van der Waals surface area contributed by atoms with Gasteiger partial charge in [0, 0.05) is 25.1 Å². The Morgan fingerprint density at radius 3 is 2.95 bits per heavy atom. The zero-order valence-corrected chi connectivity index (χ0v) is 11.7. The molecule has 1 amide bonds. The van der Waals surface area contributed by atoms with Crippen molar-refractivity contribution in [2.24, 2.45) is 0 Å². The van der Waals surface area contributed by atoms with Gasteiger partial charge in [0.2, 0.25) is 0 Å². The molecule has 1 heterocycles. The summed E-state index contributed by atoms with van der Waals surface area (Å²) in [4.78, 5) is 14.6. The average Bonchev–Trinajstić information content (AvgIpc) is 2.88. The fraction of sp³-hybridized carbons (Fsp3) is 0.429. The molecular formula is C14H16N2O2S. The van der Waals surface area contributed by atoms with Gasteiger partial charge >= 0.3 is 0 Å². The van der Waals surface area contributed by atoms with Crippen molar-refractivity contribution >= 4 is 17.2 Å². The van der Waals surface area contributed by atoms with Crippen LogP contribution in [0.3, 0.4) is 0 Å². The summed E-state index contributed by atoms with van der Waals surface area (Å²) < 4.78 is 0. The van der Waals surface area contributed by atoms with Gasteiger partial charge in [0.1, 0.15) is 4.88 Å². The van der Waals surface area contributed by atoms with Crippen LogP contribution in [0.4, 0.5) is 0 Å². The summed E-state index contributed by atoms with van der Waals surface area (Å²) in [6, 6.07) is 3.85.